The van der Waals surface area contributed by atoms with Crippen LogP contribution in [-0.4, -0.2) is 35.6 Å². The van der Waals surface area contributed by atoms with Crippen LogP contribution < -0.4 is 5.73 Å². The molecule has 0 bridgehead atoms. The molecule has 0 aromatic carbocycles. The van der Waals surface area contributed by atoms with Crippen LogP contribution in [0.5, 0.6) is 0 Å². The highest BCUT2D eigenvalue weighted by atomic mass is 16.4. The average Bonchev–Trinajstić information content (AvgIpc) is 2.40. The summed E-state index contributed by atoms with van der Waals surface area (Å²) < 4.78 is 0. The highest BCUT2D eigenvalue weighted by Crippen LogP contribution is 2.08. The summed E-state index contributed by atoms with van der Waals surface area (Å²) in [5, 5.41) is 11.5. The van der Waals surface area contributed by atoms with Crippen molar-refractivity contribution in [3.63, 3.8) is 0 Å². The van der Waals surface area contributed by atoms with Gasteiger partial charge in [-0.25, -0.2) is 0 Å². The van der Waals surface area contributed by atoms with E-state index in [1.54, 1.807) is 0 Å². The van der Waals surface area contributed by atoms with Crippen LogP contribution >= 0.6 is 0 Å². The number of nitrogens with zero attached hydrogens (tertiary/aromatic N) is 2. The quantitative estimate of drug-likeness (QED) is 0.185. The monoisotopic (exact) mass is 257 g/mol. The Balaban J connectivity index is 3.40. The molecule has 0 heterocycles. The van der Waals surface area contributed by atoms with Crippen molar-refractivity contribution in [1.82, 2.24) is 4.90 Å². The standard InChI is InChI=1S/C14H31N3O/c1-3-5-6-7-8-9-10-11-12-17(4-2)13-14(15)16-18/h18H,3-13H2,1-2H3,(H2,15,16). The zero-order valence-corrected chi connectivity index (χ0v) is 12.2. The molecule has 0 amide bonds. The molecule has 0 atom stereocenters. The van der Waals surface area contributed by atoms with Crippen LogP contribution in [0.15, 0.2) is 5.16 Å². The molecule has 0 saturated heterocycles. The zero-order valence-electron chi connectivity index (χ0n) is 12.2. The fourth-order valence-corrected chi connectivity index (χ4v) is 2.08. The maximum atomic E-state index is 8.53. The van der Waals surface area contributed by atoms with E-state index >= 15 is 0 Å². The molecule has 0 aromatic heterocycles. The second-order valence-corrected chi connectivity index (χ2v) is 4.93. The summed E-state index contributed by atoms with van der Waals surface area (Å²) in [6, 6.07) is 0. The van der Waals surface area contributed by atoms with Crippen molar-refractivity contribution >= 4 is 5.84 Å². The van der Waals surface area contributed by atoms with Crippen molar-refractivity contribution in [3.05, 3.63) is 0 Å². The van der Waals surface area contributed by atoms with E-state index in [9.17, 15) is 0 Å². The Kier molecular flexibility index (Phi) is 12.1. The smallest absolute Gasteiger partial charge is 0.153 e. The van der Waals surface area contributed by atoms with Gasteiger partial charge in [-0.15, -0.1) is 0 Å². The molecule has 0 unspecified atom stereocenters. The second kappa shape index (κ2) is 12.7. The molecule has 0 radical (unpaired) electrons. The Morgan fingerprint density at radius 1 is 1.00 bits per heavy atom. The number of amidine groups is 1. The van der Waals surface area contributed by atoms with E-state index in [2.05, 4.69) is 23.9 Å². The second-order valence-electron chi connectivity index (χ2n) is 4.93. The van der Waals surface area contributed by atoms with Crippen molar-refractivity contribution in [1.29, 1.82) is 0 Å². The number of unbranched alkanes of at least 4 members (excludes halogenated alkanes) is 7. The molecule has 0 aromatic rings. The van der Waals surface area contributed by atoms with Crippen LogP contribution in [-0.2, 0) is 0 Å². The minimum atomic E-state index is 0.302. The highest BCUT2D eigenvalue weighted by molar-refractivity contribution is 5.81. The van der Waals surface area contributed by atoms with Crippen molar-refractivity contribution in [2.45, 2.75) is 65.2 Å². The minimum Gasteiger partial charge on any atom is -0.409 e. The maximum absolute atomic E-state index is 8.53. The summed E-state index contributed by atoms with van der Waals surface area (Å²) in [6.07, 6.45) is 10.7. The summed E-state index contributed by atoms with van der Waals surface area (Å²) >= 11 is 0. The number of rotatable bonds is 12. The molecule has 18 heavy (non-hydrogen) atoms. The minimum absolute atomic E-state index is 0.302. The first-order chi connectivity index (χ1) is 8.74. The van der Waals surface area contributed by atoms with Gasteiger partial charge in [0.2, 0.25) is 0 Å². The first kappa shape index (κ1) is 17.2. The summed E-state index contributed by atoms with van der Waals surface area (Å²) in [5.41, 5.74) is 5.51. The van der Waals surface area contributed by atoms with Gasteiger partial charge in [-0.2, -0.15) is 0 Å². The number of hydrogen-bond donors (Lipinski definition) is 2. The summed E-state index contributed by atoms with van der Waals surface area (Å²) in [4.78, 5) is 2.21. The number of hydrogen-bond acceptors (Lipinski definition) is 3. The van der Waals surface area contributed by atoms with Crippen LogP contribution in [0.1, 0.15) is 65.2 Å². The number of nitrogens with two attached hydrogens (primary N) is 1. The Bertz CT molecular complexity index is 207. The maximum Gasteiger partial charge on any atom is 0.153 e. The van der Waals surface area contributed by atoms with E-state index in [0.717, 1.165) is 13.1 Å². The van der Waals surface area contributed by atoms with E-state index in [4.69, 9.17) is 10.9 Å². The Morgan fingerprint density at radius 3 is 2.06 bits per heavy atom. The topological polar surface area (TPSA) is 61.8 Å². The number of oxime groups is 1. The van der Waals surface area contributed by atoms with Gasteiger partial charge in [0.25, 0.3) is 0 Å². The molecule has 4 nitrogen and oxygen atoms in total. The first-order valence-corrected chi connectivity index (χ1v) is 7.43. The molecule has 0 aliphatic rings. The number of likely N-dealkylation sites (N-methyl/N-ethyl adjacent to an activating group) is 1. The van der Waals surface area contributed by atoms with E-state index in [1.807, 2.05) is 0 Å². The van der Waals surface area contributed by atoms with Crippen LogP contribution in [0.25, 0.3) is 0 Å². The fourth-order valence-electron chi connectivity index (χ4n) is 2.08. The van der Waals surface area contributed by atoms with Gasteiger partial charge in [0.1, 0.15) is 0 Å². The van der Waals surface area contributed by atoms with Gasteiger partial charge in [0.15, 0.2) is 5.84 Å². The predicted molar refractivity (Wildman–Crippen MR) is 78.1 cm³/mol. The fraction of sp³-hybridized carbons (Fsp3) is 0.929. The van der Waals surface area contributed by atoms with Crippen molar-refractivity contribution in [3.8, 4) is 0 Å². The van der Waals surface area contributed by atoms with E-state index in [-0.39, 0.29) is 0 Å². The molecule has 0 saturated carbocycles. The lowest BCUT2D eigenvalue weighted by Crippen LogP contribution is -2.34. The summed E-state index contributed by atoms with van der Waals surface area (Å²) in [5.74, 6) is 0.302. The predicted octanol–water partition coefficient (Wildman–Crippen LogP) is 3.20. The third-order valence-electron chi connectivity index (χ3n) is 3.29. The molecule has 0 rings (SSSR count). The normalized spacial score (nSPS) is 12.3. The summed E-state index contributed by atoms with van der Waals surface area (Å²) in [6.45, 7) is 6.92. The molecular formula is C14H31N3O. The lowest BCUT2D eigenvalue weighted by Gasteiger charge is -2.19. The SMILES string of the molecule is CCCCCCCCCCN(CC)CC(N)=NO. The Morgan fingerprint density at radius 2 is 1.56 bits per heavy atom. The van der Waals surface area contributed by atoms with Gasteiger partial charge in [0.05, 0.1) is 6.54 Å². The van der Waals surface area contributed by atoms with E-state index in [0.29, 0.717) is 12.4 Å². The molecule has 0 aliphatic heterocycles. The Hall–Kier alpha value is -0.770. The zero-order chi connectivity index (χ0) is 13.6. The van der Waals surface area contributed by atoms with Crippen molar-refractivity contribution < 1.29 is 5.21 Å². The molecule has 4 heteroatoms. The van der Waals surface area contributed by atoms with E-state index in [1.165, 1.54) is 51.4 Å². The van der Waals surface area contributed by atoms with Gasteiger partial charge < -0.3 is 10.9 Å². The molecule has 0 fully saturated rings. The van der Waals surface area contributed by atoms with Crippen molar-refractivity contribution in [2.24, 2.45) is 10.9 Å². The molecule has 0 spiro atoms. The highest BCUT2D eigenvalue weighted by Gasteiger charge is 2.04. The van der Waals surface area contributed by atoms with Gasteiger partial charge >= 0.3 is 0 Å². The van der Waals surface area contributed by atoms with E-state index < -0.39 is 0 Å². The van der Waals surface area contributed by atoms with Crippen LogP contribution in [0, 0.1) is 0 Å². The lowest BCUT2D eigenvalue weighted by atomic mass is 10.1. The first-order valence-electron chi connectivity index (χ1n) is 7.43. The van der Waals surface area contributed by atoms with Crippen molar-refractivity contribution in [2.75, 3.05) is 19.6 Å². The third-order valence-corrected chi connectivity index (χ3v) is 3.29. The largest absolute Gasteiger partial charge is 0.409 e. The van der Waals surface area contributed by atoms with Crippen LogP contribution in [0.2, 0.25) is 0 Å². The van der Waals surface area contributed by atoms with Gasteiger partial charge in [-0.3, -0.25) is 4.90 Å². The molecule has 3 N–H and O–H groups in total. The van der Waals surface area contributed by atoms with Crippen LogP contribution in [0.3, 0.4) is 0 Å². The average molecular weight is 257 g/mol. The Labute approximate surface area is 112 Å². The lowest BCUT2D eigenvalue weighted by molar-refractivity contribution is 0.294. The molecular weight excluding hydrogens is 226 g/mol. The van der Waals surface area contributed by atoms with Gasteiger partial charge in [-0.05, 0) is 19.5 Å². The third kappa shape index (κ3) is 10.4. The molecule has 0 aliphatic carbocycles. The van der Waals surface area contributed by atoms with Gasteiger partial charge in [0, 0.05) is 0 Å². The summed E-state index contributed by atoms with van der Waals surface area (Å²) in [7, 11) is 0. The van der Waals surface area contributed by atoms with Crippen LogP contribution in [0.4, 0.5) is 0 Å². The van der Waals surface area contributed by atoms with Gasteiger partial charge in [-0.1, -0.05) is 63.9 Å². The molecule has 108 valence electrons.